The van der Waals surface area contributed by atoms with Crippen molar-refractivity contribution in [3.05, 3.63) is 5.95 Å². The Hall–Kier alpha value is -2.05. The molecule has 25 heavy (non-hydrogen) atoms. The molecule has 0 saturated carbocycles. The highest BCUT2D eigenvalue weighted by Crippen LogP contribution is 2.17. The molecule has 0 aromatic carbocycles. The van der Waals surface area contributed by atoms with Gasteiger partial charge in [-0.2, -0.15) is 0 Å². The summed E-state index contributed by atoms with van der Waals surface area (Å²) in [6.07, 6.45) is -0.347. The van der Waals surface area contributed by atoms with Crippen LogP contribution in [-0.4, -0.2) is 66.3 Å². The van der Waals surface area contributed by atoms with Crippen LogP contribution in [0.1, 0.15) is 41.5 Å². The molecule has 0 spiro atoms. The van der Waals surface area contributed by atoms with Gasteiger partial charge in [0.2, 0.25) is 5.94 Å². The Morgan fingerprint density at radius 3 is 2.00 bits per heavy atom. The van der Waals surface area contributed by atoms with Crippen LogP contribution < -0.4 is 0 Å². The van der Waals surface area contributed by atoms with Gasteiger partial charge in [0.15, 0.2) is 0 Å². The molecule has 0 radical (unpaired) electrons. The zero-order valence-electron chi connectivity index (χ0n) is 15.9. The smallest absolute Gasteiger partial charge is 0.410 e. The maximum absolute atomic E-state index is 12.0. The first kappa shape index (κ1) is 21.0. The lowest BCUT2D eigenvalue weighted by atomic mass is 9.97. The van der Waals surface area contributed by atoms with E-state index in [2.05, 4.69) is 0 Å². The summed E-state index contributed by atoms with van der Waals surface area (Å²) >= 11 is 0. The molecule has 0 N–H and O–H groups in total. The predicted octanol–water partition coefficient (Wildman–Crippen LogP) is 1.78. The Morgan fingerprint density at radius 1 is 1.00 bits per heavy atom. The molecule has 1 amide bonds. The summed E-state index contributed by atoms with van der Waals surface area (Å²) in [4.78, 5) is 38.1. The molecule has 8 heteroatoms. The molecule has 0 unspecified atom stereocenters. The summed E-state index contributed by atoms with van der Waals surface area (Å²) in [7, 11) is 0. The molecule has 142 valence electrons. The first-order chi connectivity index (χ1) is 11.4. The number of carbonyl (C=O) groups excluding carboxylic acids is 3. The number of nitrogens with zero attached hydrogens (tertiary/aromatic N) is 2. The van der Waals surface area contributed by atoms with Crippen LogP contribution >= 0.6 is 0 Å². The lowest BCUT2D eigenvalue weighted by Crippen LogP contribution is -2.50. The van der Waals surface area contributed by atoms with Gasteiger partial charge in [-0.15, -0.1) is 0 Å². The van der Waals surface area contributed by atoms with E-state index in [4.69, 9.17) is 14.2 Å². The number of hydrogen-bond donors (Lipinski definition) is 0. The summed E-state index contributed by atoms with van der Waals surface area (Å²) in [5, 5.41) is 0. The zero-order valence-corrected chi connectivity index (χ0v) is 15.9. The van der Waals surface area contributed by atoms with Crippen molar-refractivity contribution in [2.24, 2.45) is 5.41 Å². The van der Waals surface area contributed by atoms with Gasteiger partial charge in [0, 0.05) is 26.2 Å². The van der Waals surface area contributed by atoms with Gasteiger partial charge in [0.05, 0.1) is 5.41 Å². The second-order valence-corrected chi connectivity index (χ2v) is 7.89. The number of esters is 1. The fourth-order valence-electron chi connectivity index (χ4n) is 1.85. The Labute approximate surface area is 148 Å². The van der Waals surface area contributed by atoms with E-state index in [1.54, 1.807) is 25.7 Å². The van der Waals surface area contributed by atoms with Crippen molar-refractivity contribution in [3.63, 3.8) is 0 Å². The second kappa shape index (κ2) is 8.36. The quantitative estimate of drug-likeness (QED) is 0.431. The molecule has 0 aromatic heterocycles. The molecular weight excluding hydrogens is 328 g/mol. The van der Waals surface area contributed by atoms with Crippen LogP contribution in [0, 0.1) is 5.41 Å². The predicted molar refractivity (Wildman–Crippen MR) is 90.1 cm³/mol. The van der Waals surface area contributed by atoms with Gasteiger partial charge >= 0.3 is 18.0 Å². The SMILES string of the molecule is CC(C)(C)OC(=O)N1CCN(COC(=C=O)OC(=O)C(C)(C)C)CC1. The van der Waals surface area contributed by atoms with Gasteiger partial charge < -0.3 is 19.1 Å². The van der Waals surface area contributed by atoms with E-state index in [1.807, 2.05) is 25.7 Å². The third-order valence-corrected chi connectivity index (χ3v) is 3.28. The number of piperazine rings is 1. The molecule has 8 nitrogen and oxygen atoms in total. The topological polar surface area (TPSA) is 85.4 Å². The van der Waals surface area contributed by atoms with Gasteiger partial charge in [-0.05, 0) is 41.5 Å². The Bertz CT molecular complexity index is 532. The summed E-state index contributed by atoms with van der Waals surface area (Å²) in [5.74, 6) is 0.441. The van der Waals surface area contributed by atoms with Crippen LogP contribution in [0.3, 0.4) is 0 Å². The lowest BCUT2D eigenvalue weighted by molar-refractivity contribution is -0.155. The normalized spacial score (nSPS) is 16.0. The van der Waals surface area contributed by atoms with Gasteiger partial charge in [0.25, 0.3) is 0 Å². The van der Waals surface area contributed by atoms with Crippen molar-refractivity contribution in [2.45, 2.75) is 47.1 Å². The van der Waals surface area contributed by atoms with Gasteiger partial charge in [-0.25, -0.2) is 9.59 Å². The molecule has 1 aliphatic heterocycles. The fraction of sp³-hybridized carbons (Fsp3) is 0.765. The molecule has 1 aliphatic rings. The summed E-state index contributed by atoms with van der Waals surface area (Å²) < 4.78 is 15.4. The summed E-state index contributed by atoms with van der Waals surface area (Å²) in [6.45, 7) is 12.6. The maximum Gasteiger partial charge on any atom is 0.410 e. The molecule has 1 fully saturated rings. The first-order valence-electron chi connectivity index (χ1n) is 8.23. The van der Waals surface area contributed by atoms with Crippen molar-refractivity contribution in [1.29, 1.82) is 0 Å². The zero-order chi connectivity index (χ0) is 19.3. The third-order valence-electron chi connectivity index (χ3n) is 3.28. The standard InChI is InChI=1S/C17H28N2O6/c1-16(2,3)14(21)24-13(11-20)23-12-18-7-9-19(10-8-18)15(22)25-17(4,5)6/h7-10,12H2,1-6H3. The second-order valence-electron chi connectivity index (χ2n) is 7.89. The van der Waals surface area contributed by atoms with Crippen LogP contribution in [0.5, 0.6) is 0 Å². The molecule has 0 aliphatic carbocycles. The minimum absolute atomic E-state index is 0.0736. The Balaban J connectivity index is 2.40. The largest absolute Gasteiger partial charge is 0.444 e. The molecule has 1 heterocycles. The monoisotopic (exact) mass is 356 g/mol. The lowest BCUT2D eigenvalue weighted by Gasteiger charge is -2.35. The van der Waals surface area contributed by atoms with Gasteiger partial charge in [-0.1, -0.05) is 0 Å². The summed E-state index contributed by atoms with van der Waals surface area (Å²) in [5.41, 5.74) is -1.28. The number of carbonyl (C=O) groups is 2. The van der Waals surface area contributed by atoms with E-state index < -0.39 is 22.9 Å². The van der Waals surface area contributed by atoms with Crippen molar-refractivity contribution in [3.8, 4) is 0 Å². The minimum atomic E-state index is -0.746. The maximum atomic E-state index is 12.0. The highest BCUT2D eigenvalue weighted by atomic mass is 16.7. The van der Waals surface area contributed by atoms with E-state index in [1.165, 1.54) is 5.94 Å². The van der Waals surface area contributed by atoms with Crippen LogP contribution in [0.25, 0.3) is 0 Å². The number of ether oxygens (including phenoxy) is 3. The number of rotatable bonds is 4. The van der Waals surface area contributed by atoms with Crippen molar-refractivity contribution < 1.29 is 28.6 Å². The van der Waals surface area contributed by atoms with E-state index in [-0.39, 0.29) is 12.8 Å². The van der Waals surface area contributed by atoms with E-state index in [0.717, 1.165) is 0 Å². The average molecular weight is 356 g/mol. The number of amides is 1. The highest BCUT2D eigenvalue weighted by molar-refractivity contribution is 5.77. The molecule has 0 atom stereocenters. The van der Waals surface area contributed by atoms with Crippen LogP contribution in [0.15, 0.2) is 5.95 Å². The van der Waals surface area contributed by atoms with Crippen LogP contribution in [0.2, 0.25) is 0 Å². The minimum Gasteiger partial charge on any atom is -0.444 e. The van der Waals surface area contributed by atoms with Crippen LogP contribution in [-0.2, 0) is 23.8 Å². The van der Waals surface area contributed by atoms with Crippen molar-refractivity contribution >= 4 is 18.0 Å². The van der Waals surface area contributed by atoms with Gasteiger partial charge in [-0.3, -0.25) is 9.69 Å². The summed E-state index contributed by atoms with van der Waals surface area (Å²) in [6, 6.07) is 0. The van der Waals surface area contributed by atoms with Gasteiger partial charge in [0.1, 0.15) is 12.3 Å². The Morgan fingerprint density at radius 2 is 1.56 bits per heavy atom. The fourth-order valence-corrected chi connectivity index (χ4v) is 1.85. The van der Waals surface area contributed by atoms with Crippen molar-refractivity contribution in [1.82, 2.24) is 9.80 Å². The van der Waals surface area contributed by atoms with Crippen LogP contribution in [0.4, 0.5) is 4.79 Å². The molecule has 0 aromatic rings. The molecular formula is C17H28N2O6. The molecule has 1 saturated heterocycles. The number of hydrogen-bond acceptors (Lipinski definition) is 7. The first-order valence-corrected chi connectivity index (χ1v) is 8.23. The third kappa shape index (κ3) is 7.58. The Kier molecular flexibility index (Phi) is 7.02. The van der Waals surface area contributed by atoms with E-state index >= 15 is 0 Å². The van der Waals surface area contributed by atoms with Crippen molar-refractivity contribution in [2.75, 3.05) is 32.9 Å². The molecule has 0 bridgehead atoms. The van der Waals surface area contributed by atoms with E-state index in [0.29, 0.717) is 26.2 Å². The van der Waals surface area contributed by atoms with E-state index in [9.17, 15) is 14.4 Å². The highest BCUT2D eigenvalue weighted by Gasteiger charge is 2.28. The average Bonchev–Trinajstić information content (AvgIpc) is 2.49. The molecule has 1 rings (SSSR count).